The summed E-state index contributed by atoms with van der Waals surface area (Å²) in [5.74, 6) is 2.11. The third-order valence-electron chi connectivity index (χ3n) is 4.71. The summed E-state index contributed by atoms with van der Waals surface area (Å²) in [7, 11) is 3.28. The first-order valence-corrected chi connectivity index (χ1v) is 10.9. The first kappa shape index (κ1) is 21.4. The monoisotopic (exact) mass is 445 g/mol. The molecule has 3 aromatic carbocycles. The molecule has 0 saturated heterocycles. The van der Waals surface area contributed by atoms with Crippen molar-refractivity contribution < 1.29 is 14.2 Å². The van der Waals surface area contributed by atoms with Crippen molar-refractivity contribution in [3.05, 3.63) is 89.3 Å². The number of thiazole rings is 1. The standard InChI is InChI=1S/C25H23N3O3S/c1-29-21-13-11-19(12-14-21)22-17-32-25(27-22)28-26-15-20-9-6-10-23(30-2)24(20)31-16-18-7-4-3-5-8-18/h3-15,17H,16H2,1-2H3,(H,27,28)/b26-15-. The van der Waals surface area contributed by atoms with E-state index in [0.717, 1.165) is 28.1 Å². The third kappa shape index (κ3) is 5.25. The molecule has 0 bridgehead atoms. The van der Waals surface area contributed by atoms with Crippen LogP contribution < -0.4 is 19.6 Å². The average molecular weight is 446 g/mol. The second kappa shape index (κ2) is 10.5. The molecule has 1 aromatic heterocycles. The largest absolute Gasteiger partial charge is 0.497 e. The number of rotatable bonds is 9. The number of benzene rings is 3. The van der Waals surface area contributed by atoms with Gasteiger partial charge in [-0.15, -0.1) is 11.3 Å². The molecular weight excluding hydrogens is 422 g/mol. The van der Waals surface area contributed by atoms with Gasteiger partial charge in [-0.1, -0.05) is 36.4 Å². The topological polar surface area (TPSA) is 65.0 Å². The number of ether oxygens (including phenoxy) is 3. The molecule has 0 aliphatic rings. The van der Waals surface area contributed by atoms with E-state index < -0.39 is 0 Å². The summed E-state index contributed by atoms with van der Waals surface area (Å²) in [6.07, 6.45) is 1.71. The molecule has 162 valence electrons. The Bertz CT molecular complexity index is 1170. The molecule has 4 aromatic rings. The Labute approximate surface area is 191 Å². The Morgan fingerprint density at radius 3 is 2.50 bits per heavy atom. The summed E-state index contributed by atoms with van der Waals surface area (Å²) in [5, 5.41) is 7.04. The van der Waals surface area contributed by atoms with Crippen LogP contribution in [0.2, 0.25) is 0 Å². The summed E-state index contributed by atoms with van der Waals surface area (Å²) in [5.41, 5.74) is 6.78. The molecule has 0 saturated carbocycles. The van der Waals surface area contributed by atoms with Crippen LogP contribution in [-0.4, -0.2) is 25.4 Å². The van der Waals surface area contributed by atoms with Gasteiger partial charge in [-0.2, -0.15) is 5.10 Å². The lowest BCUT2D eigenvalue weighted by atomic mass is 10.2. The van der Waals surface area contributed by atoms with Crippen molar-refractivity contribution in [3.63, 3.8) is 0 Å². The van der Waals surface area contributed by atoms with Crippen LogP contribution in [0.15, 0.2) is 83.3 Å². The molecule has 1 N–H and O–H groups in total. The number of hydrogen-bond acceptors (Lipinski definition) is 7. The van der Waals surface area contributed by atoms with Crippen molar-refractivity contribution in [2.75, 3.05) is 19.6 Å². The van der Waals surface area contributed by atoms with Gasteiger partial charge in [-0.05, 0) is 42.0 Å². The summed E-state index contributed by atoms with van der Waals surface area (Å²) in [6.45, 7) is 0.438. The van der Waals surface area contributed by atoms with E-state index in [0.29, 0.717) is 23.2 Å². The molecule has 0 amide bonds. The average Bonchev–Trinajstić information content (AvgIpc) is 3.32. The minimum absolute atomic E-state index is 0.438. The van der Waals surface area contributed by atoms with Crippen LogP contribution in [0, 0.1) is 0 Å². The van der Waals surface area contributed by atoms with Gasteiger partial charge in [-0.3, -0.25) is 5.43 Å². The van der Waals surface area contributed by atoms with Crippen LogP contribution >= 0.6 is 11.3 Å². The molecule has 4 rings (SSSR count). The minimum Gasteiger partial charge on any atom is -0.497 e. The van der Waals surface area contributed by atoms with Crippen molar-refractivity contribution in [2.45, 2.75) is 6.61 Å². The van der Waals surface area contributed by atoms with Gasteiger partial charge in [0.05, 0.1) is 26.1 Å². The fourth-order valence-electron chi connectivity index (χ4n) is 3.06. The molecule has 6 nitrogen and oxygen atoms in total. The summed E-state index contributed by atoms with van der Waals surface area (Å²) in [4.78, 5) is 4.60. The van der Waals surface area contributed by atoms with Gasteiger partial charge in [-0.25, -0.2) is 4.98 Å². The SMILES string of the molecule is COc1ccc(-c2csc(N/N=C\c3cccc(OC)c3OCc3ccccc3)n2)cc1. The fourth-order valence-corrected chi connectivity index (χ4v) is 3.72. The predicted octanol–water partition coefficient (Wildman–Crippen LogP) is 5.85. The van der Waals surface area contributed by atoms with Crippen molar-refractivity contribution in [1.29, 1.82) is 0 Å². The Kier molecular flexibility index (Phi) is 6.99. The molecule has 0 aliphatic carbocycles. The van der Waals surface area contributed by atoms with Crippen LogP contribution in [0.4, 0.5) is 5.13 Å². The normalized spacial score (nSPS) is 10.8. The highest BCUT2D eigenvalue weighted by Gasteiger charge is 2.10. The van der Waals surface area contributed by atoms with Crippen LogP contribution in [-0.2, 0) is 6.61 Å². The summed E-state index contributed by atoms with van der Waals surface area (Å²) < 4.78 is 16.7. The Morgan fingerprint density at radius 2 is 1.75 bits per heavy atom. The van der Waals surface area contributed by atoms with Crippen molar-refractivity contribution in [1.82, 2.24) is 4.98 Å². The van der Waals surface area contributed by atoms with Crippen molar-refractivity contribution >= 4 is 22.7 Å². The Morgan fingerprint density at radius 1 is 0.938 bits per heavy atom. The predicted molar refractivity (Wildman–Crippen MR) is 129 cm³/mol. The zero-order valence-electron chi connectivity index (χ0n) is 17.8. The van der Waals surface area contributed by atoms with E-state index in [1.165, 1.54) is 11.3 Å². The van der Waals surface area contributed by atoms with Crippen LogP contribution in [0.25, 0.3) is 11.3 Å². The second-order valence-electron chi connectivity index (χ2n) is 6.79. The highest BCUT2D eigenvalue weighted by molar-refractivity contribution is 7.14. The first-order chi connectivity index (χ1) is 15.8. The lowest BCUT2D eigenvalue weighted by Crippen LogP contribution is -2.01. The molecule has 1 heterocycles. The first-order valence-electron chi connectivity index (χ1n) is 9.99. The summed E-state index contributed by atoms with van der Waals surface area (Å²) in [6, 6.07) is 23.5. The van der Waals surface area contributed by atoms with Crippen LogP contribution in [0.5, 0.6) is 17.2 Å². The second-order valence-corrected chi connectivity index (χ2v) is 7.65. The molecule has 0 atom stereocenters. The molecule has 0 radical (unpaired) electrons. The number of hydrogen-bond donors (Lipinski definition) is 1. The molecule has 0 spiro atoms. The third-order valence-corrected chi connectivity index (χ3v) is 5.46. The van der Waals surface area contributed by atoms with E-state index in [9.17, 15) is 0 Å². The fraction of sp³-hybridized carbons (Fsp3) is 0.120. The van der Waals surface area contributed by atoms with E-state index in [4.69, 9.17) is 14.2 Å². The van der Waals surface area contributed by atoms with Crippen LogP contribution in [0.3, 0.4) is 0 Å². The van der Waals surface area contributed by atoms with Crippen molar-refractivity contribution in [2.24, 2.45) is 5.10 Å². The Balaban J connectivity index is 1.45. The summed E-state index contributed by atoms with van der Waals surface area (Å²) >= 11 is 1.49. The molecule has 0 fully saturated rings. The lowest BCUT2D eigenvalue weighted by molar-refractivity contribution is 0.284. The maximum absolute atomic E-state index is 6.06. The maximum atomic E-state index is 6.06. The number of methoxy groups -OCH3 is 2. The van der Waals surface area contributed by atoms with Crippen LogP contribution in [0.1, 0.15) is 11.1 Å². The van der Waals surface area contributed by atoms with E-state index in [2.05, 4.69) is 15.5 Å². The highest BCUT2D eigenvalue weighted by atomic mass is 32.1. The molecule has 0 unspecified atom stereocenters. The minimum atomic E-state index is 0.438. The van der Waals surface area contributed by atoms with E-state index >= 15 is 0 Å². The number of nitrogens with zero attached hydrogens (tertiary/aromatic N) is 2. The molecule has 0 aliphatic heterocycles. The molecular formula is C25H23N3O3S. The molecule has 7 heteroatoms. The maximum Gasteiger partial charge on any atom is 0.203 e. The van der Waals surface area contributed by atoms with Gasteiger partial charge in [0.25, 0.3) is 0 Å². The molecule has 32 heavy (non-hydrogen) atoms. The Hall–Kier alpha value is -3.84. The number of anilines is 1. The van der Waals surface area contributed by atoms with Gasteiger partial charge in [0.15, 0.2) is 11.5 Å². The zero-order chi connectivity index (χ0) is 22.2. The van der Waals surface area contributed by atoms with E-state index in [1.54, 1.807) is 20.4 Å². The van der Waals surface area contributed by atoms with Gasteiger partial charge < -0.3 is 14.2 Å². The van der Waals surface area contributed by atoms with Gasteiger partial charge in [0.1, 0.15) is 12.4 Å². The van der Waals surface area contributed by atoms with E-state index in [-0.39, 0.29) is 0 Å². The number of para-hydroxylation sites is 1. The van der Waals surface area contributed by atoms with E-state index in [1.807, 2.05) is 78.2 Å². The van der Waals surface area contributed by atoms with Gasteiger partial charge in [0, 0.05) is 16.5 Å². The number of hydrazone groups is 1. The quantitative estimate of drug-likeness (QED) is 0.258. The van der Waals surface area contributed by atoms with Gasteiger partial charge >= 0.3 is 0 Å². The van der Waals surface area contributed by atoms with Crippen molar-refractivity contribution in [3.8, 4) is 28.5 Å². The number of nitrogens with one attached hydrogen (secondary N) is 1. The number of aromatic nitrogens is 1. The lowest BCUT2D eigenvalue weighted by Gasteiger charge is -2.13. The smallest absolute Gasteiger partial charge is 0.203 e. The highest BCUT2D eigenvalue weighted by Crippen LogP contribution is 2.31. The zero-order valence-corrected chi connectivity index (χ0v) is 18.6. The van der Waals surface area contributed by atoms with Gasteiger partial charge in [0.2, 0.25) is 5.13 Å².